The Bertz CT molecular complexity index is 2660. The summed E-state index contributed by atoms with van der Waals surface area (Å²) in [5, 5.41) is 5.30. The van der Waals surface area contributed by atoms with E-state index >= 15 is 17.6 Å². The number of rotatable bonds is 12. The number of alkyl carbamates (subject to hydrolysis) is 2. The first-order chi connectivity index (χ1) is 34.1. The molecule has 6 atom stereocenters. The predicted octanol–water partition coefficient (Wildman–Crippen LogP) is 9.16. The molecule has 0 aliphatic carbocycles. The minimum atomic E-state index is -0.851. The Labute approximate surface area is 409 Å². The van der Waals surface area contributed by atoms with Crippen molar-refractivity contribution in [3.05, 3.63) is 82.4 Å². The van der Waals surface area contributed by atoms with Gasteiger partial charge >= 0.3 is 12.2 Å². The zero-order chi connectivity index (χ0) is 50.4. The summed E-state index contributed by atoms with van der Waals surface area (Å²) in [5.74, 6) is -2.98. The Morgan fingerprint density at radius 1 is 0.577 bits per heavy atom. The number of carbonyl (C=O) groups is 4. The maximum absolute atomic E-state index is 16.8. The van der Waals surface area contributed by atoms with E-state index in [1.807, 2.05) is 27.7 Å². The van der Waals surface area contributed by atoms with Crippen molar-refractivity contribution in [2.24, 2.45) is 11.8 Å². The normalized spacial score (nSPS) is 21.5. The van der Waals surface area contributed by atoms with Crippen LogP contribution in [0.15, 0.2) is 36.4 Å². The van der Waals surface area contributed by atoms with Crippen molar-refractivity contribution in [1.82, 2.24) is 40.4 Å². The lowest BCUT2D eigenvalue weighted by Gasteiger charge is -2.35. The number of benzene rings is 3. The Balaban J connectivity index is 1.07. The second kappa shape index (κ2) is 20.3. The number of amides is 4. The Morgan fingerprint density at radius 2 is 1.01 bits per heavy atom. The smallest absolute Gasteiger partial charge is 0.407 e. The van der Waals surface area contributed by atoms with Crippen LogP contribution in [-0.4, -0.2) is 106 Å². The van der Waals surface area contributed by atoms with Gasteiger partial charge < -0.3 is 49.7 Å². The summed E-state index contributed by atoms with van der Waals surface area (Å²) < 4.78 is 76.0. The fraction of sp³-hybridized carbons (Fsp3) is 0.529. The van der Waals surface area contributed by atoms with Crippen LogP contribution in [0.2, 0.25) is 0 Å². The molecule has 4 aliphatic heterocycles. The number of methoxy groups -OCH3 is 2. The summed E-state index contributed by atoms with van der Waals surface area (Å²) in [6, 6.07) is 4.05. The Kier molecular flexibility index (Phi) is 14.1. The van der Waals surface area contributed by atoms with Gasteiger partial charge in [0.05, 0.1) is 60.5 Å². The molecule has 20 heteroatoms. The van der Waals surface area contributed by atoms with E-state index in [0.717, 1.165) is 19.3 Å². The predicted molar refractivity (Wildman–Crippen MR) is 257 cm³/mol. The van der Waals surface area contributed by atoms with Crippen molar-refractivity contribution in [2.45, 2.75) is 122 Å². The van der Waals surface area contributed by atoms with Crippen molar-refractivity contribution < 1.29 is 46.2 Å². The number of hydrogen-bond acceptors (Lipinski definition) is 10. The van der Waals surface area contributed by atoms with Gasteiger partial charge in [0.25, 0.3) is 0 Å². The van der Waals surface area contributed by atoms with E-state index in [4.69, 9.17) is 19.4 Å². The highest BCUT2D eigenvalue weighted by Crippen LogP contribution is 2.50. The molecule has 0 saturated carbocycles. The van der Waals surface area contributed by atoms with Crippen LogP contribution in [0.3, 0.4) is 0 Å². The number of imidazole rings is 2. The first kappa shape index (κ1) is 49.4. The largest absolute Gasteiger partial charge is 0.453 e. The maximum Gasteiger partial charge on any atom is 0.407 e. The van der Waals surface area contributed by atoms with Gasteiger partial charge in [-0.1, -0.05) is 27.7 Å². The molecule has 6 heterocycles. The monoisotopic (exact) mass is 986 g/mol. The first-order valence-corrected chi connectivity index (χ1v) is 24.8. The third kappa shape index (κ3) is 9.53. The number of hydrogen-bond donors (Lipinski definition) is 4. The molecule has 2 aromatic heterocycles. The lowest BCUT2D eigenvalue weighted by molar-refractivity contribution is -0.136. The molecule has 4 aliphatic rings. The van der Waals surface area contributed by atoms with E-state index < -0.39 is 71.7 Å². The van der Waals surface area contributed by atoms with Gasteiger partial charge in [-0.05, 0) is 93.9 Å². The molecule has 4 amide bonds. The third-order valence-electron chi connectivity index (χ3n) is 14.8. The van der Waals surface area contributed by atoms with Gasteiger partial charge in [0, 0.05) is 55.1 Å². The van der Waals surface area contributed by atoms with Gasteiger partial charge in [0.15, 0.2) is 11.6 Å². The number of ether oxygens (including phenoxy) is 2. The Hall–Kier alpha value is -6.60. The average Bonchev–Trinajstić information content (AvgIpc) is 4.21. The third-order valence-corrected chi connectivity index (χ3v) is 14.8. The number of H-pyrrole nitrogens is 2. The van der Waals surface area contributed by atoms with Crippen LogP contribution in [0.1, 0.15) is 132 Å². The molecule has 4 saturated heterocycles. The van der Waals surface area contributed by atoms with Gasteiger partial charge in [-0.3, -0.25) is 9.59 Å². The summed E-state index contributed by atoms with van der Waals surface area (Å²) in [4.78, 5) is 75.1. The van der Waals surface area contributed by atoms with Crippen LogP contribution in [0.5, 0.6) is 0 Å². The number of aromatic amines is 2. The number of aromatic nitrogens is 4. The topological polar surface area (TPSA) is 181 Å². The van der Waals surface area contributed by atoms with E-state index in [0.29, 0.717) is 85.6 Å². The number of carbonyl (C=O) groups excluding carboxylic acids is 4. The molecule has 0 bridgehead atoms. The lowest BCUT2D eigenvalue weighted by atomic mass is 10.0. The fourth-order valence-corrected chi connectivity index (χ4v) is 11.3. The van der Waals surface area contributed by atoms with Crippen molar-refractivity contribution in [1.29, 1.82) is 0 Å². The van der Waals surface area contributed by atoms with Crippen molar-refractivity contribution >= 4 is 57.4 Å². The number of halogens is 4. The van der Waals surface area contributed by atoms with Gasteiger partial charge in [-0.15, -0.1) is 0 Å². The highest BCUT2D eigenvalue weighted by Gasteiger charge is 2.42. The number of nitrogens with zero attached hydrogens (tertiary/aromatic N) is 6. The zero-order valence-corrected chi connectivity index (χ0v) is 40.9. The highest BCUT2D eigenvalue weighted by atomic mass is 19.1. The van der Waals surface area contributed by atoms with E-state index in [1.54, 1.807) is 31.7 Å². The maximum atomic E-state index is 16.8. The van der Waals surface area contributed by atoms with Crippen LogP contribution in [-0.2, 0) is 19.1 Å². The van der Waals surface area contributed by atoms with Gasteiger partial charge in [0.2, 0.25) is 11.8 Å². The molecular weight excluding hydrogens is 925 g/mol. The van der Waals surface area contributed by atoms with Crippen LogP contribution in [0.25, 0.3) is 22.1 Å². The van der Waals surface area contributed by atoms with E-state index in [-0.39, 0.29) is 59.0 Å². The van der Waals surface area contributed by atoms with Crippen LogP contribution in [0.4, 0.5) is 38.5 Å². The van der Waals surface area contributed by atoms with Crippen molar-refractivity contribution in [3.63, 3.8) is 0 Å². The Morgan fingerprint density at radius 3 is 1.42 bits per heavy atom. The number of piperidine rings is 1. The summed E-state index contributed by atoms with van der Waals surface area (Å²) >= 11 is 0. The minimum Gasteiger partial charge on any atom is -0.453 e. The van der Waals surface area contributed by atoms with Gasteiger partial charge in [0.1, 0.15) is 41.1 Å². The molecule has 2 unspecified atom stereocenters. The van der Waals surface area contributed by atoms with Crippen LogP contribution in [0, 0.1) is 35.1 Å². The number of nitrogens with one attached hydrogen (secondary N) is 4. The van der Waals surface area contributed by atoms with Crippen LogP contribution < -0.4 is 20.4 Å². The first-order valence-electron chi connectivity index (χ1n) is 24.8. The second-order valence-electron chi connectivity index (χ2n) is 19.9. The average molecular weight is 987 g/mol. The molecule has 4 fully saturated rings. The summed E-state index contributed by atoms with van der Waals surface area (Å²) in [7, 11) is 2.46. The quantitative estimate of drug-likeness (QED) is 0.0881. The molecule has 16 nitrogen and oxygen atoms in total. The molecular formula is C51H62F4N10O6. The molecule has 9 rings (SSSR count). The number of likely N-dealkylation sites (tertiary alicyclic amines) is 2. The second-order valence-corrected chi connectivity index (χ2v) is 19.9. The summed E-state index contributed by atoms with van der Waals surface area (Å²) in [6.45, 7) is 9.14. The summed E-state index contributed by atoms with van der Waals surface area (Å²) in [5.41, 5.74) is 1.97. The van der Waals surface area contributed by atoms with E-state index in [9.17, 15) is 19.2 Å². The van der Waals surface area contributed by atoms with E-state index in [1.165, 1.54) is 38.5 Å². The molecule has 4 N–H and O–H groups in total. The molecule has 380 valence electrons. The highest BCUT2D eigenvalue weighted by molar-refractivity contribution is 5.88. The minimum absolute atomic E-state index is 0.114. The zero-order valence-electron chi connectivity index (χ0n) is 40.9. The molecule has 0 spiro atoms. The SMILES string of the molecule is COC(=O)N[C@H](C(=O)N1CCCC1c1nc2cc(F)c([C@H]3CC[C@H](c4cc5[nH]c(C6CCCN6C(=O)[C@@H](NC(=O)OC)C(C)C)nc5cc4F)N3c3cc(F)c(N4CCCCC4)c(F)c3)cc2[nH]1)C(C)C. The van der Waals surface area contributed by atoms with E-state index in [2.05, 4.69) is 20.6 Å². The molecule has 3 aromatic carbocycles. The van der Waals surface area contributed by atoms with Gasteiger partial charge in [-0.25, -0.2) is 37.1 Å². The van der Waals surface area contributed by atoms with Crippen molar-refractivity contribution in [2.75, 3.05) is 50.2 Å². The van der Waals surface area contributed by atoms with Crippen LogP contribution >= 0.6 is 0 Å². The number of anilines is 2. The molecule has 5 aromatic rings. The molecule has 71 heavy (non-hydrogen) atoms. The van der Waals surface area contributed by atoms with Crippen molar-refractivity contribution in [3.8, 4) is 0 Å². The van der Waals surface area contributed by atoms with Gasteiger partial charge in [-0.2, -0.15) is 0 Å². The molecule has 0 radical (unpaired) electrons. The summed E-state index contributed by atoms with van der Waals surface area (Å²) in [6.07, 6.45) is 4.17. The fourth-order valence-electron chi connectivity index (χ4n) is 11.3. The lowest BCUT2D eigenvalue weighted by Crippen LogP contribution is -2.51. The number of fused-ring (bicyclic) bond motifs is 2. The standard InChI is InChI=1S/C51H62F4N10O6/c1-26(2)43(60-50(68)70-5)48(66)63-18-10-12-41(63)46-56-35-22-29(31(52)24-37(35)58-46)39-14-15-40(65(39)28-20-33(54)45(34(55)21-28)62-16-8-7-9-17-62)30-23-36-38(25-32(30)53)59-47(57-36)42-13-11-19-64(42)49(67)44(27(3)4)61-51(69)71-6/h20-27,39-44H,7-19H2,1-6H3,(H,56,58)(H,57,59)(H,60,68)(H,61,69)/t39-,40-,41?,42?,43+,44+/m1/s1.